The van der Waals surface area contributed by atoms with Crippen LogP contribution in [0.1, 0.15) is 317 Å². The van der Waals surface area contributed by atoms with E-state index in [-0.39, 0.29) is 24.5 Å². The van der Waals surface area contributed by atoms with Crippen LogP contribution in [0.25, 0.3) is 0 Å². The number of nitrogens with zero attached hydrogens (tertiary/aromatic N) is 1. The van der Waals surface area contributed by atoms with Gasteiger partial charge in [-0.2, -0.15) is 0 Å². The van der Waals surface area contributed by atoms with E-state index in [1.54, 1.807) is 0 Å². The van der Waals surface area contributed by atoms with E-state index < -0.39 is 0 Å². The summed E-state index contributed by atoms with van der Waals surface area (Å²) < 4.78 is 6.65. The van der Waals surface area contributed by atoms with E-state index in [0.717, 1.165) is 30.5 Å². The van der Waals surface area contributed by atoms with E-state index in [9.17, 15) is 4.79 Å². The number of amides is 1. The lowest BCUT2D eigenvalue weighted by atomic mass is 10.0. The number of quaternary nitrogens is 1. The molecule has 1 N–H and O–H groups in total. The van der Waals surface area contributed by atoms with Crippen molar-refractivity contribution in [2.24, 2.45) is 0 Å². The van der Waals surface area contributed by atoms with Crippen LogP contribution in [0.5, 0.6) is 0 Å². The van der Waals surface area contributed by atoms with Gasteiger partial charge in [0.2, 0.25) is 5.91 Å². The second-order valence-electron chi connectivity index (χ2n) is 20.1. The Morgan fingerprint density at radius 1 is 0.361 bits per heavy atom. The average Bonchev–Trinajstić information content (AvgIpc) is 3.23. The van der Waals surface area contributed by atoms with Crippen LogP contribution in [0, 0.1) is 0 Å². The highest BCUT2D eigenvalue weighted by Crippen LogP contribution is 2.16. The van der Waals surface area contributed by atoms with Crippen LogP contribution in [0.3, 0.4) is 0 Å². The molecule has 0 aromatic rings. The molecule has 0 aliphatic carbocycles. The lowest BCUT2D eigenvalue weighted by Gasteiger charge is -2.33. The molecule has 0 saturated carbocycles. The van der Waals surface area contributed by atoms with E-state index in [1.807, 2.05) is 0 Å². The Bertz CT molecular complexity index is 755. The van der Waals surface area contributed by atoms with E-state index in [1.165, 1.54) is 270 Å². The van der Waals surface area contributed by atoms with Gasteiger partial charge in [-0.05, 0) is 19.3 Å². The van der Waals surface area contributed by atoms with Crippen LogP contribution < -0.4 is 17.7 Å². The van der Waals surface area contributed by atoms with E-state index >= 15 is 0 Å². The van der Waals surface area contributed by atoms with Crippen LogP contribution in [0.2, 0.25) is 0 Å². The summed E-state index contributed by atoms with van der Waals surface area (Å²) in [5.74, 6) is 0.225. The first kappa shape index (κ1) is 65.0. The quantitative estimate of drug-likeness (QED) is 0.0376. The third-order valence-electron chi connectivity index (χ3n) is 12.9. The highest BCUT2D eigenvalue weighted by atomic mass is 35.5. The van der Waals surface area contributed by atoms with Crippen molar-refractivity contribution in [1.82, 2.24) is 5.32 Å². The van der Waals surface area contributed by atoms with Crippen LogP contribution >= 0.6 is 0 Å². The number of hydrogen-bond donors (Lipinski definition) is 1. The van der Waals surface area contributed by atoms with Gasteiger partial charge in [-0.25, -0.2) is 0 Å². The molecule has 1 amide bonds. The second kappa shape index (κ2) is 55.8. The number of ether oxygens (including phenoxy) is 1. The van der Waals surface area contributed by atoms with E-state index in [0.29, 0.717) is 6.42 Å². The second-order valence-corrected chi connectivity index (χ2v) is 20.1. The molecule has 0 radical (unpaired) electrons. The van der Waals surface area contributed by atoms with Gasteiger partial charge in [0.1, 0.15) is 0 Å². The van der Waals surface area contributed by atoms with Gasteiger partial charge in [0.05, 0.1) is 21.1 Å². The Hall–Kier alpha value is -0.320. The molecule has 0 bridgehead atoms. The van der Waals surface area contributed by atoms with Gasteiger partial charge in [-0.3, -0.25) is 4.79 Å². The average molecular weight is 886 g/mol. The van der Waals surface area contributed by atoms with Gasteiger partial charge in [0.15, 0.2) is 6.17 Å². The molecule has 5 heteroatoms. The highest BCUT2D eigenvalue weighted by molar-refractivity contribution is 5.75. The Morgan fingerprint density at radius 3 is 0.787 bits per heavy atom. The molecule has 0 rings (SSSR count). The van der Waals surface area contributed by atoms with Crippen molar-refractivity contribution >= 4 is 5.91 Å². The lowest BCUT2D eigenvalue weighted by molar-refractivity contribution is -0.898. The Morgan fingerprint density at radius 2 is 0.574 bits per heavy atom. The maximum atomic E-state index is 12.0. The fraction of sp³-hybridized carbons (Fsp3) is 0.982. The van der Waals surface area contributed by atoms with Crippen molar-refractivity contribution in [3.63, 3.8) is 0 Å². The Labute approximate surface area is 393 Å². The molecule has 370 valence electrons. The molecule has 0 aromatic heterocycles. The first-order chi connectivity index (χ1) is 29.3. The Balaban J connectivity index is -0.00000115. The standard InChI is InChI=1S/C34H70O.C22H46N2O.ClH/c1-3-5-7-9-11-13-15-17-19-20-22-24-26-28-30-32-34-35-33-31-29-27-25-23-21-18-16-14-12-10-8-6-4-2;1-6-8-9-10-11-12-13-14-15-16-17-18-19-20-22(25)23-21(7-2)24(3,4)5;/h3-34H2,1-2H3;21H,6-20H2,1-5H3;1H. The first-order valence-electron chi connectivity index (χ1n) is 28.0. The first-order valence-corrected chi connectivity index (χ1v) is 28.0. The zero-order valence-corrected chi connectivity index (χ0v) is 44.2. The highest BCUT2D eigenvalue weighted by Gasteiger charge is 2.23. The third kappa shape index (κ3) is 57.7. The van der Waals surface area contributed by atoms with Gasteiger partial charge in [-0.15, -0.1) is 0 Å². The summed E-state index contributed by atoms with van der Waals surface area (Å²) >= 11 is 0. The molecule has 1 unspecified atom stereocenters. The molecular weight excluding hydrogens is 768 g/mol. The van der Waals surface area contributed by atoms with E-state index in [2.05, 4.69) is 54.2 Å². The maximum absolute atomic E-state index is 12.0. The number of rotatable bonds is 49. The van der Waals surface area contributed by atoms with Crippen molar-refractivity contribution in [2.75, 3.05) is 34.4 Å². The van der Waals surface area contributed by atoms with Crippen LogP contribution in [-0.2, 0) is 9.53 Å². The van der Waals surface area contributed by atoms with Gasteiger partial charge in [0.25, 0.3) is 0 Å². The lowest BCUT2D eigenvalue weighted by Crippen LogP contribution is -3.00. The van der Waals surface area contributed by atoms with Gasteiger partial charge in [0, 0.05) is 26.1 Å². The molecule has 0 spiro atoms. The minimum absolute atomic E-state index is 0. The topological polar surface area (TPSA) is 38.3 Å². The van der Waals surface area contributed by atoms with Gasteiger partial charge in [-0.1, -0.05) is 285 Å². The van der Waals surface area contributed by atoms with E-state index in [4.69, 9.17) is 4.74 Å². The van der Waals surface area contributed by atoms with Crippen molar-refractivity contribution < 1.29 is 26.4 Å². The van der Waals surface area contributed by atoms with Crippen LogP contribution in [0.4, 0.5) is 0 Å². The predicted molar refractivity (Wildman–Crippen MR) is 271 cm³/mol. The summed E-state index contributed by atoms with van der Waals surface area (Å²) in [5, 5.41) is 3.18. The van der Waals surface area contributed by atoms with Gasteiger partial charge < -0.3 is 26.9 Å². The number of hydrogen-bond acceptors (Lipinski definition) is 2. The number of halogens is 1. The minimum atomic E-state index is 0. The summed E-state index contributed by atoms with van der Waals surface area (Å²) in [5.41, 5.74) is 0. The van der Waals surface area contributed by atoms with Crippen molar-refractivity contribution in [2.45, 2.75) is 323 Å². The number of carbonyl (C=O) groups excluding carboxylic acids is 1. The molecule has 0 heterocycles. The zero-order valence-electron chi connectivity index (χ0n) is 43.5. The summed E-state index contributed by atoms with van der Waals surface area (Å²) in [4.78, 5) is 12.0. The smallest absolute Gasteiger partial charge is 0.224 e. The third-order valence-corrected chi connectivity index (χ3v) is 12.9. The van der Waals surface area contributed by atoms with Crippen molar-refractivity contribution in [3.05, 3.63) is 0 Å². The SMILES string of the molecule is CCCCCCCCCCCCCCCC(=O)NC(CC)[N+](C)(C)C.CCCCCCCCCCCCCCCCCCOCCCCCCCCCCCCCCCC.[Cl-]. The predicted octanol–water partition coefficient (Wildman–Crippen LogP) is 15.8. The molecular formula is C56H117ClN2O2. The molecule has 0 saturated heterocycles. The number of unbranched alkanes of at least 4 members (excludes halogenated alkanes) is 40. The minimum Gasteiger partial charge on any atom is -1.00 e. The number of carbonyl (C=O) groups is 1. The number of nitrogens with one attached hydrogen (secondary N) is 1. The van der Waals surface area contributed by atoms with Crippen molar-refractivity contribution in [3.8, 4) is 0 Å². The molecule has 1 atom stereocenters. The maximum Gasteiger partial charge on any atom is 0.224 e. The Kier molecular flexibility index (Phi) is 59.4. The molecule has 0 aliphatic rings. The summed E-state index contributed by atoms with van der Waals surface area (Å²) in [6.07, 6.45) is 62.5. The van der Waals surface area contributed by atoms with Gasteiger partial charge >= 0.3 is 0 Å². The zero-order chi connectivity index (χ0) is 44.3. The molecule has 0 fully saturated rings. The fourth-order valence-corrected chi connectivity index (χ4v) is 8.66. The molecule has 61 heavy (non-hydrogen) atoms. The van der Waals surface area contributed by atoms with Crippen LogP contribution in [-0.4, -0.2) is 50.9 Å². The summed E-state index contributed by atoms with van der Waals surface area (Å²) in [6.45, 7) is 11.0. The molecule has 0 aliphatic heterocycles. The fourth-order valence-electron chi connectivity index (χ4n) is 8.66. The summed E-state index contributed by atoms with van der Waals surface area (Å²) in [6, 6.07) is 0. The molecule has 0 aromatic carbocycles. The largest absolute Gasteiger partial charge is 1.00 e. The summed E-state index contributed by atoms with van der Waals surface area (Å²) in [7, 11) is 6.42. The molecule has 4 nitrogen and oxygen atoms in total. The normalized spacial score (nSPS) is 11.9. The van der Waals surface area contributed by atoms with Crippen molar-refractivity contribution in [1.29, 1.82) is 0 Å². The monoisotopic (exact) mass is 885 g/mol. The van der Waals surface area contributed by atoms with Crippen LogP contribution in [0.15, 0.2) is 0 Å².